The van der Waals surface area contributed by atoms with Crippen molar-refractivity contribution in [2.45, 2.75) is 37.8 Å². The molecule has 1 aromatic heterocycles. The number of aromatic amines is 1. The second kappa shape index (κ2) is 7.75. The number of H-pyrrole nitrogens is 1. The average molecular weight is 378 g/mol. The summed E-state index contributed by atoms with van der Waals surface area (Å²) < 4.78 is 17.9. The third-order valence-electron chi connectivity index (χ3n) is 4.54. The molecule has 1 aliphatic rings. The van der Waals surface area contributed by atoms with Gasteiger partial charge in [-0.3, -0.25) is 14.3 Å². The van der Waals surface area contributed by atoms with Crippen LogP contribution < -0.4 is 11.2 Å². The first-order valence-electron chi connectivity index (χ1n) is 8.41. The summed E-state index contributed by atoms with van der Waals surface area (Å²) in [6.45, 7) is 0.913. The topological polar surface area (TPSA) is 123 Å². The van der Waals surface area contributed by atoms with E-state index in [2.05, 4.69) is 4.98 Å². The summed E-state index contributed by atoms with van der Waals surface area (Å²) in [4.78, 5) is 26.0. The van der Waals surface area contributed by atoms with Crippen LogP contribution in [0.3, 0.4) is 0 Å². The van der Waals surface area contributed by atoms with Crippen LogP contribution in [0.4, 0.5) is 0 Å². The van der Waals surface area contributed by atoms with Gasteiger partial charge in [-0.1, -0.05) is 30.3 Å². The number of nitrogens with one attached hydrogen (secondary N) is 1. The lowest BCUT2D eigenvalue weighted by atomic mass is 10.1. The summed E-state index contributed by atoms with van der Waals surface area (Å²) >= 11 is 0. The highest BCUT2D eigenvalue weighted by molar-refractivity contribution is 5.14. The van der Waals surface area contributed by atoms with E-state index < -0.39 is 42.1 Å². The molecule has 4 atom stereocenters. The maximum Gasteiger partial charge on any atom is 0.330 e. The predicted octanol–water partition coefficient (Wildman–Crippen LogP) is -0.345. The predicted molar refractivity (Wildman–Crippen MR) is 94.0 cm³/mol. The number of rotatable bonds is 6. The van der Waals surface area contributed by atoms with Crippen molar-refractivity contribution in [2.24, 2.45) is 0 Å². The highest BCUT2D eigenvalue weighted by atomic mass is 16.7. The normalized spacial score (nSPS) is 27.8. The van der Waals surface area contributed by atoms with Crippen LogP contribution in [0.1, 0.15) is 17.4 Å². The Balaban J connectivity index is 1.92. The molecule has 1 saturated heterocycles. The number of aryl methyl sites for hydroxylation is 1. The number of hydrogen-bond donors (Lipinski definition) is 3. The van der Waals surface area contributed by atoms with E-state index in [1.807, 2.05) is 30.3 Å². The number of aliphatic hydroxyl groups excluding tert-OH is 1. The van der Waals surface area contributed by atoms with Gasteiger partial charge in [0.2, 0.25) is 5.79 Å². The van der Waals surface area contributed by atoms with E-state index >= 15 is 0 Å². The number of aliphatic hydroxyl groups is 2. The quantitative estimate of drug-likeness (QED) is 0.628. The third kappa shape index (κ3) is 3.73. The fourth-order valence-corrected chi connectivity index (χ4v) is 3.09. The summed E-state index contributed by atoms with van der Waals surface area (Å²) in [7, 11) is 1.38. The molecule has 1 fully saturated rings. The van der Waals surface area contributed by atoms with Crippen LogP contribution in [0, 0.1) is 6.92 Å². The molecule has 3 rings (SSSR count). The minimum absolute atomic E-state index is 0.142. The van der Waals surface area contributed by atoms with Crippen LogP contribution >= 0.6 is 0 Å². The summed E-state index contributed by atoms with van der Waals surface area (Å²) in [6, 6.07) is 9.26. The Kier molecular flexibility index (Phi) is 5.59. The molecular formula is C18H22N2O7. The fourth-order valence-electron chi connectivity index (χ4n) is 3.09. The van der Waals surface area contributed by atoms with E-state index in [-0.39, 0.29) is 12.2 Å². The maximum absolute atomic E-state index is 12.2. The van der Waals surface area contributed by atoms with E-state index in [1.165, 1.54) is 20.2 Å². The standard InChI is InChI=1S/C18H22N2O7/c1-11-8-20(17(23)19-15(11)22)16-13(25-2)14(18(24,10-21)27-16)26-9-12-6-4-3-5-7-12/h3-8,13-14,16,21,24H,9-10H2,1-2H3,(H,19,22,23)/t13-,14+,16-,18?/m1/s1. The Labute approximate surface area is 154 Å². The lowest BCUT2D eigenvalue weighted by Crippen LogP contribution is -2.48. The molecule has 9 nitrogen and oxygen atoms in total. The molecule has 1 unspecified atom stereocenters. The molecule has 2 heterocycles. The summed E-state index contributed by atoms with van der Waals surface area (Å²) in [5.74, 6) is -2.08. The van der Waals surface area contributed by atoms with Gasteiger partial charge in [0.1, 0.15) is 12.2 Å². The SMILES string of the molecule is CO[C@H]1[C@H](n2cc(C)c(=O)[nH]c2=O)OC(O)(CO)[C@H]1OCc1ccccc1. The molecule has 0 bridgehead atoms. The number of aromatic nitrogens is 2. The lowest BCUT2D eigenvalue weighted by molar-refractivity contribution is -0.264. The van der Waals surface area contributed by atoms with E-state index in [1.54, 1.807) is 0 Å². The first kappa shape index (κ1) is 19.5. The number of nitrogens with zero attached hydrogens (tertiary/aromatic N) is 1. The Morgan fingerprint density at radius 1 is 1.30 bits per heavy atom. The number of methoxy groups -OCH3 is 1. The van der Waals surface area contributed by atoms with Crippen LogP contribution in [0.5, 0.6) is 0 Å². The van der Waals surface area contributed by atoms with E-state index in [9.17, 15) is 19.8 Å². The van der Waals surface area contributed by atoms with Crippen LogP contribution in [0.2, 0.25) is 0 Å². The Hall–Kier alpha value is -2.30. The number of benzene rings is 1. The molecule has 9 heteroatoms. The zero-order valence-corrected chi connectivity index (χ0v) is 15.0. The third-order valence-corrected chi connectivity index (χ3v) is 4.54. The van der Waals surface area contributed by atoms with Crippen molar-refractivity contribution in [1.29, 1.82) is 0 Å². The molecule has 27 heavy (non-hydrogen) atoms. The maximum atomic E-state index is 12.2. The molecule has 146 valence electrons. The van der Waals surface area contributed by atoms with Gasteiger partial charge in [-0.25, -0.2) is 4.79 Å². The van der Waals surface area contributed by atoms with Crippen molar-refractivity contribution in [3.8, 4) is 0 Å². The zero-order valence-electron chi connectivity index (χ0n) is 15.0. The van der Waals surface area contributed by atoms with Crippen molar-refractivity contribution in [3.63, 3.8) is 0 Å². The molecule has 0 spiro atoms. The van der Waals surface area contributed by atoms with Gasteiger partial charge in [-0.15, -0.1) is 0 Å². The zero-order chi connectivity index (χ0) is 19.6. The van der Waals surface area contributed by atoms with Gasteiger partial charge in [0.15, 0.2) is 6.23 Å². The Morgan fingerprint density at radius 2 is 2.00 bits per heavy atom. The van der Waals surface area contributed by atoms with Crippen molar-refractivity contribution in [1.82, 2.24) is 9.55 Å². The smallest absolute Gasteiger partial charge is 0.330 e. The Bertz CT molecular complexity index is 895. The van der Waals surface area contributed by atoms with Gasteiger partial charge in [0.05, 0.1) is 13.2 Å². The highest BCUT2D eigenvalue weighted by Gasteiger charge is 2.56. The van der Waals surface area contributed by atoms with Crippen LogP contribution in [0.25, 0.3) is 0 Å². The summed E-state index contributed by atoms with van der Waals surface area (Å²) in [5, 5.41) is 20.4. The molecule has 1 aromatic carbocycles. The molecule has 0 amide bonds. The minimum atomic E-state index is -2.08. The second-order valence-corrected chi connectivity index (χ2v) is 6.41. The van der Waals surface area contributed by atoms with Gasteiger partial charge in [-0.05, 0) is 12.5 Å². The monoisotopic (exact) mass is 378 g/mol. The van der Waals surface area contributed by atoms with Crippen molar-refractivity contribution < 1.29 is 24.4 Å². The van der Waals surface area contributed by atoms with Crippen LogP contribution in [-0.2, 0) is 20.8 Å². The number of ether oxygens (including phenoxy) is 3. The van der Waals surface area contributed by atoms with Crippen molar-refractivity contribution in [2.75, 3.05) is 13.7 Å². The molecule has 1 aliphatic heterocycles. The average Bonchev–Trinajstić information content (AvgIpc) is 2.96. The van der Waals surface area contributed by atoms with E-state index in [0.29, 0.717) is 0 Å². The van der Waals surface area contributed by atoms with Gasteiger partial charge in [-0.2, -0.15) is 0 Å². The fraction of sp³-hybridized carbons (Fsp3) is 0.444. The van der Waals surface area contributed by atoms with Crippen molar-refractivity contribution in [3.05, 3.63) is 68.5 Å². The van der Waals surface area contributed by atoms with Gasteiger partial charge < -0.3 is 24.4 Å². The highest BCUT2D eigenvalue weighted by Crippen LogP contribution is 2.38. The molecule has 0 radical (unpaired) electrons. The van der Waals surface area contributed by atoms with Crippen LogP contribution in [-0.4, -0.2) is 51.5 Å². The first-order chi connectivity index (χ1) is 12.9. The summed E-state index contributed by atoms with van der Waals surface area (Å²) in [6.07, 6.45) is -1.77. The first-order valence-corrected chi connectivity index (χ1v) is 8.41. The molecule has 2 aromatic rings. The lowest BCUT2D eigenvalue weighted by Gasteiger charge is -2.28. The Morgan fingerprint density at radius 3 is 2.63 bits per heavy atom. The molecule has 0 saturated carbocycles. The van der Waals surface area contributed by atoms with E-state index in [4.69, 9.17) is 14.2 Å². The largest absolute Gasteiger partial charge is 0.391 e. The van der Waals surface area contributed by atoms with E-state index in [0.717, 1.165) is 10.1 Å². The number of hydrogen-bond acceptors (Lipinski definition) is 7. The van der Waals surface area contributed by atoms with Gasteiger partial charge >= 0.3 is 5.69 Å². The van der Waals surface area contributed by atoms with Gasteiger partial charge in [0, 0.05) is 18.9 Å². The minimum Gasteiger partial charge on any atom is -0.391 e. The molecular weight excluding hydrogens is 356 g/mol. The van der Waals surface area contributed by atoms with Crippen LogP contribution in [0.15, 0.2) is 46.1 Å². The van der Waals surface area contributed by atoms with Crippen molar-refractivity contribution >= 4 is 0 Å². The molecule has 3 N–H and O–H groups in total. The summed E-state index contributed by atoms with van der Waals surface area (Å²) in [5.41, 5.74) is -0.0958. The van der Waals surface area contributed by atoms with Gasteiger partial charge in [0.25, 0.3) is 5.56 Å². The second-order valence-electron chi connectivity index (χ2n) is 6.41. The molecule has 0 aliphatic carbocycles.